The second-order valence-electron chi connectivity index (χ2n) is 7.96. The Labute approximate surface area is 161 Å². The van der Waals surface area contributed by atoms with E-state index < -0.39 is 0 Å². The van der Waals surface area contributed by atoms with E-state index in [2.05, 4.69) is 29.6 Å². The van der Waals surface area contributed by atoms with Crippen LogP contribution in [0.25, 0.3) is 0 Å². The van der Waals surface area contributed by atoms with Crippen molar-refractivity contribution in [2.24, 2.45) is 5.92 Å². The number of benzene rings is 1. The minimum Gasteiger partial charge on any atom is -0.341 e. The first kappa shape index (κ1) is 18.2. The van der Waals surface area contributed by atoms with Crippen LogP contribution in [0.15, 0.2) is 36.4 Å². The van der Waals surface area contributed by atoms with Crippen LogP contribution in [0.5, 0.6) is 0 Å². The average Bonchev–Trinajstić information content (AvgIpc) is 3.26. The van der Waals surface area contributed by atoms with Gasteiger partial charge in [-0.1, -0.05) is 36.4 Å². The molecule has 1 aromatic carbocycles. The fourth-order valence-electron chi connectivity index (χ4n) is 4.47. The standard InChI is InChI=1S/C22H29N3O2/c26-21(25-15-11-18-4-1-2-5-19(18)16-25)8-7-17-9-13-24(14-10-17)22(27)20-6-3-12-23-20/h1-6,17,20,23H,7-16H2/t20-/m0/s1. The zero-order valence-electron chi connectivity index (χ0n) is 15.9. The highest BCUT2D eigenvalue weighted by molar-refractivity contribution is 5.84. The number of rotatable bonds is 4. The van der Waals surface area contributed by atoms with Crippen LogP contribution in [0.3, 0.4) is 0 Å². The summed E-state index contributed by atoms with van der Waals surface area (Å²) in [5.41, 5.74) is 2.67. The van der Waals surface area contributed by atoms with Gasteiger partial charge in [0.2, 0.25) is 11.8 Å². The summed E-state index contributed by atoms with van der Waals surface area (Å²) in [6, 6.07) is 8.30. The summed E-state index contributed by atoms with van der Waals surface area (Å²) in [5, 5.41) is 3.20. The fraction of sp³-hybridized carbons (Fsp3) is 0.545. The number of fused-ring (bicyclic) bond motifs is 1. The Kier molecular flexibility index (Phi) is 5.58. The van der Waals surface area contributed by atoms with Gasteiger partial charge >= 0.3 is 0 Å². The molecule has 1 aromatic rings. The monoisotopic (exact) mass is 367 g/mol. The molecule has 2 amide bonds. The molecule has 1 saturated heterocycles. The van der Waals surface area contributed by atoms with Crippen molar-refractivity contribution in [1.29, 1.82) is 0 Å². The topological polar surface area (TPSA) is 52.7 Å². The number of carbonyl (C=O) groups excluding carboxylic acids is 2. The highest BCUT2D eigenvalue weighted by atomic mass is 16.2. The number of piperidine rings is 1. The Bertz CT molecular complexity index is 722. The molecule has 3 aliphatic rings. The van der Waals surface area contributed by atoms with Crippen molar-refractivity contribution in [3.8, 4) is 0 Å². The first-order chi connectivity index (χ1) is 13.2. The van der Waals surface area contributed by atoms with Gasteiger partial charge in [0.25, 0.3) is 0 Å². The quantitative estimate of drug-likeness (QED) is 0.830. The molecule has 0 radical (unpaired) electrons. The molecular weight excluding hydrogens is 338 g/mol. The minimum absolute atomic E-state index is 0.134. The maximum atomic E-state index is 12.6. The lowest BCUT2D eigenvalue weighted by atomic mass is 9.91. The average molecular weight is 367 g/mol. The predicted octanol–water partition coefficient (Wildman–Crippen LogP) is 2.12. The first-order valence-electron chi connectivity index (χ1n) is 10.2. The zero-order chi connectivity index (χ0) is 18.6. The van der Waals surface area contributed by atoms with Crippen molar-refractivity contribution in [2.75, 3.05) is 26.2 Å². The second-order valence-corrected chi connectivity index (χ2v) is 7.96. The van der Waals surface area contributed by atoms with E-state index in [0.717, 1.165) is 58.4 Å². The summed E-state index contributed by atoms with van der Waals surface area (Å²) >= 11 is 0. The number of nitrogens with zero attached hydrogens (tertiary/aromatic N) is 2. The lowest BCUT2D eigenvalue weighted by Gasteiger charge is -2.34. The van der Waals surface area contributed by atoms with Gasteiger partial charge in [-0.2, -0.15) is 0 Å². The van der Waals surface area contributed by atoms with Crippen LogP contribution in [0.1, 0.15) is 36.8 Å². The van der Waals surface area contributed by atoms with Crippen molar-refractivity contribution in [1.82, 2.24) is 15.1 Å². The van der Waals surface area contributed by atoms with Crippen LogP contribution in [0.2, 0.25) is 0 Å². The Morgan fingerprint density at radius 2 is 1.81 bits per heavy atom. The third-order valence-electron chi connectivity index (χ3n) is 6.23. The van der Waals surface area contributed by atoms with Crippen molar-refractivity contribution in [3.63, 3.8) is 0 Å². The van der Waals surface area contributed by atoms with Crippen molar-refractivity contribution < 1.29 is 9.59 Å². The Hall–Kier alpha value is -2.14. The molecule has 5 heteroatoms. The van der Waals surface area contributed by atoms with Gasteiger partial charge in [-0.3, -0.25) is 14.9 Å². The number of hydrogen-bond acceptors (Lipinski definition) is 3. The number of amides is 2. The van der Waals surface area contributed by atoms with E-state index in [9.17, 15) is 9.59 Å². The van der Waals surface area contributed by atoms with Gasteiger partial charge in [0.05, 0.1) is 0 Å². The van der Waals surface area contributed by atoms with Crippen LogP contribution < -0.4 is 5.32 Å². The number of likely N-dealkylation sites (tertiary alicyclic amines) is 1. The van der Waals surface area contributed by atoms with Crippen LogP contribution in [-0.4, -0.2) is 53.8 Å². The normalized spacial score (nSPS) is 22.7. The summed E-state index contributed by atoms with van der Waals surface area (Å²) < 4.78 is 0. The molecule has 1 N–H and O–H groups in total. The van der Waals surface area contributed by atoms with Gasteiger partial charge in [-0.25, -0.2) is 0 Å². The molecule has 1 atom stereocenters. The molecule has 0 spiro atoms. The highest BCUT2D eigenvalue weighted by Gasteiger charge is 2.28. The molecule has 0 bridgehead atoms. The molecule has 0 unspecified atom stereocenters. The van der Waals surface area contributed by atoms with Gasteiger partial charge in [0, 0.05) is 39.1 Å². The molecule has 3 aliphatic heterocycles. The van der Waals surface area contributed by atoms with Gasteiger partial charge in [-0.05, 0) is 42.7 Å². The zero-order valence-corrected chi connectivity index (χ0v) is 15.9. The van der Waals surface area contributed by atoms with Gasteiger partial charge in [-0.15, -0.1) is 0 Å². The number of carbonyl (C=O) groups is 2. The molecule has 27 heavy (non-hydrogen) atoms. The molecule has 1 fully saturated rings. The molecule has 4 rings (SSSR count). The van der Waals surface area contributed by atoms with Crippen molar-refractivity contribution >= 4 is 11.8 Å². The van der Waals surface area contributed by atoms with Crippen LogP contribution in [-0.2, 0) is 22.6 Å². The van der Waals surface area contributed by atoms with Gasteiger partial charge in [0.15, 0.2) is 0 Å². The van der Waals surface area contributed by atoms with Crippen LogP contribution in [0, 0.1) is 5.92 Å². The fourth-order valence-corrected chi connectivity index (χ4v) is 4.47. The van der Waals surface area contributed by atoms with Gasteiger partial charge < -0.3 is 9.80 Å². The Balaban J connectivity index is 1.20. The van der Waals surface area contributed by atoms with E-state index in [1.54, 1.807) is 0 Å². The largest absolute Gasteiger partial charge is 0.341 e. The second kappa shape index (κ2) is 8.26. The molecule has 5 nitrogen and oxygen atoms in total. The summed E-state index contributed by atoms with van der Waals surface area (Å²) in [5.74, 6) is 1.04. The summed E-state index contributed by atoms with van der Waals surface area (Å²) in [6.07, 6.45) is 8.54. The maximum Gasteiger partial charge on any atom is 0.243 e. The summed E-state index contributed by atoms with van der Waals surface area (Å²) in [6.45, 7) is 4.02. The third kappa shape index (κ3) is 4.24. The SMILES string of the molecule is O=C(CCC1CCN(C(=O)[C@@H]2C=CCN2)CC1)N1CCc2ccccc2C1. The summed E-state index contributed by atoms with van der Waals surface area (Å²) in [4.78, 5) is 29.1. The molecule has 3 heterocycles. The summed E-state index contributed by atoms with van der Waals surface area (Å²) in [7, 11) is 0. The third-order valence-corrected chi connectivity index (χ3v) is 6.23. The van der Waals surface area contributed by atoms with Crippen LogP contribution in [0.4, 0.5) is 0 Å². The first-order valence-corrected chi connectivity index (χ1v) is 10.2. The minimum atomic E-state index is -0.134. The van der Waals surface area contributed by atoms with E-state index in [1.807, 2.05) is 22.0 Å². The lowest BCUT2D eigenvalue weighted by Crippen LogP contribution is -2.47. The van der Waals surface area contributed by atoms with E-state index in [4.69, 9.17) is 0 Å². The Morgan fingerprint density at radius 1 is 1.04 bits per heavy atom. The lowest BCUT2D eigenvalue weighted by molar-refractivity contribution is -0.135. The van der Waals surface area contributed by atoms with Crippen molar-refractivity contribution in [3.05, 3.63) is 47.5 Å². The molecule has 0 aromatic heterocycles. The van der Waals surface area contributed by atoms with Crippen molar-refractivity contribution in [2.45, 2.75) is 44.7 Å². The Morgan fingerprint density at radius 3 is 2.56 bits per heavy atom. The number of nitrogens with one attached hydrogen (secondary N) is 1. The van der Waals surface area contributed by atoms with E-state index in [1.165, 1.54) is 11.1 Å². The molecule has 0 aliphatic carbocycles. The van der Waals surface area contributed by atoms with E-state index in [0.29, 0.717) is 12.3 Å². The molecule has 0 saturated carbocycles. The molecule has 144 valence electrons. The predicted molar refractivity (Wildman–Crippen MR) is 105 cm³/mol. The van der Waals surface area contributed by atoms with Gasteiger partial charge in [0.1, 0.15) is 6.04 Å². The highest BCUT2D eigenvalue weighted by Crippen LogP contribution is 2.24. The molecular formula is C22H29N3O2. The maximum absolute atomic E-state index is 12.6. The van der Waals surface area contributed by atoms with E-state index in [-0.39, 0.29) is 17.9 Å². The van der Waals surface area contributed by atoms with Crippen LogP contribution >= 0.6 is 0 Å². The number of hydrogen-bond donors (Lipinski definition) is 1. The smallest absolute Gasteiger partial charge is 0.243 e. The van der Waals surface area contributed by atoms with E-state index >= 15 is 0 Å².